The smallest absolute Gasteiger partial charge is 0.227 e. The molecule has 1 amide bonds. The Kier molecular flexibility index (Phi) is 7.22. The van der Waals surface area contributed by atoms with E-state index < -0.39 is 0 Å². The SMILES string of the molecule is CCOc1ccc(-c2noc(CCC(=O)NCCCCN)n2)cc1. The average Bonchev–Trinajstić information content (AvgIpc) is 3.07. The number of benzene rings is 1. The average molecular weight is 332 g/mol. The molecule has 1 heterocycles. The molecule has 0 unspecified atom stereocenters. The second kappa shape index (κ2) is 9.67. The maximum Gasteiger partial charge on any atom is 0.227 e. The van der Waals surface area contributed by atoms with Crippen LogP contribution < -0.4 is 15.8 Å². The molecule has 0 aliphatic rings. The van der Waals surface area contributed by atoms with E-state index >= 15 is 0 Å². The Hall–Kier alpha value is -2.41. The van der Waals surface area contributed by atoms with Crippen molar-refractivity contribution in [3.63, 3.8) is 0 Å². The normalized spacial score (nSPS) is 10.6. The summed E-state index contributed by atoms with van der Waals surface area (Å²) in [6, 6.07) is 7.49. The number of nitrogens with zero attached hydrogens (tertiary/aromatic N) is 2. The van der Waals surface area contributed by atoms with E-state index in [0.717, 1.165) is 24.2 Å². The van der Waals surface area contributed by atoms with E-state index in [-0.39, 0.29) is 5.91 Å². The molecule has 0 spiro atoms. The number of rotatable bonds is 10. The van der Waals surface area contributed by atoms with Gasteiger partial charge in [-0.2, -0.15) is 4.98 Å². The molecule has 1 aromatic carbocycles. The van der Waals surface area contributed by atoms with Gasteiger partial charge in [-0.3, -0.25) is 4.79 Å². The van der Waals surface area contributed by atoms with Crippen LogP contribution in [0.15, 0.2) is 28.8 Å². The number of ether oxygens (including phenoxy) is 1. The van der Waals surface area contributed by atoms with Crippen LogP contribution in [0.5, 0.6) is 5.75 Å². The van der Waals surface area contributed by atoms with Gasteiger partial charge in [0.15, 0.2) is 0 Å². The van der Waals surface area contributed by atoms with Gasteiger partial charge < -0.3 is 20.3 Å². The van der Waals surface area contributed by atoms with Gasteiger partial charge in [0.05, 0.1) is 6.61 Å². The number of carbonyl (C=O) groups excluding carboxylic acids is 1. The van der Waals surface area contributed by atoms with E-state index in [1.165, 1.54) is 0 Å². The summed E-state index contributed by atoms with van der Waals surface area (Å²) in [5.41, 5.74) is 6.25. The number of amides is 1. The van der Waals surface area contributed by atoms with Crippen LogP contribution in [0, 0.1) is 0 Å². The van der Waals surface area contributed by atoms with Crippen LogP contribution >= 0.6 is 0 Å². The molecule has 130 valence electrons. The third-order valence-corrected chi connectivity index (χ3v) is 3.41. The molecule has 0 fully saturated rings. The molecule has 0 atom stereocenters. The Labute approximate surface area is 141 Å². The van der Waals surface area contributed by atoms with Crippen LogP contribution in [0.4, 0.5) is 0 Å². The monoisotopic (exact) mass is 332 g/mol. The van der Waals surface area contributed by atoms with Crippen LogP contribution in [0.1, 0.15) is 32.1 Å². The van der Waals surface area contributed by atoms with E-state index in [1.807, 2.05) is 31.2 Å². The molecule has 1 aromatic heterocycles. The molecule has 7 heteroatoms. The van der Waals surface area contributed by atoms with Crippen LogP contribution in [-0.2, 0) is 11.2 Å². The summed E-state index contributed by atoms with van der Waals surface area (Å²) in [6.07, 6.45) is 2.56. The lowest BCUT2D eigenvalue weighted by atomic mass is 10.2. The number of carbonyl (C=O) groups is 1. The summed E-state index contributed by atoms with van der Waals surface area (Å²) < 4.78 is 10.6. The predicted octanol–water partition coefficient (Wildman–Crippen LogP) is 1.92. The summed E-state index contributed by atoms with van der Waals surface area (Å²) in [7, 11) is 0. The number of unbranched alkanes of at least 4 members (excludes halogenated alkanes) is 1. The zero-order chi connectivity index (χ0) is 17.2. The fourth-order valence-electron chi connectivity index (χ4n) is 2.15. The molecule has 0 saturated carbocycles. The van der Waals surface area contributed by atoms with Gasteiger partial charge in [-0.1, -0.05) is 5.16 Å². The number of aromatic nitrogens is 2. The number of hydrogen-bond acceptors (Lipinski definition) is 6. The standard InChI is InChI=1S/C17H24N4O3/c1-2-23-14-7-5-13(6-8-14)17-20-16(24-21-17)10-9-15(22)19-12-4-3-11-18/h5-8H,2-4,9-12,18H2,1H3,(H,19,22). The Morgan fingerprint density at radius 1 is 1.29 bits per heavy atom. The van der Waals surface area contributed by atoms with Crippen LogP contribution in [0.25, 0.3) is 11.4 Å². The molecular formula is C17H24N4O3. The second-order valence-electron chi connectivity index (χ2n) is 5.31. The van der Waals surface area contributed by atoms with E-state index in [9.17, 15) is 4.79 Å². The van der Waals surface area contributed by atoms with Crippen molar-refractivity contribution in [1.82, 2.24) is 15.5 Å². The fourth-order valence-corrected chi connectivity index (χ4v) is 2.15. The van der Waals surface area contributed by atoms with Crippen LogP contribution in [0.3, 0.4) is 0 Å². The van der Waals surface area contributed by atoms with Gasteiger partial charge in [0, 0.05) is 24.9 Å². The highest BCUT2D eigenvalue weighted by Gasteiger charge is 2.10. The van der Waals surface area contributed by atoms with Gasteiger partial charge in [0.2, 0.25) is 17.6 Å². The Morgan fingerprint density at radius 2 is 2.08 bits per heavy atom. The van der Waals surface area contributed by atoms with Gasteiger partial charge in [-0.25, -0.2) is 0 Å². The topological polar surface area (TPSA) is 103 Å². The molecule has 2 rings (SSSR count). The number of nitrogens with two attached hydrogens (primary N) is 1. The van der Waals surface area contributed by atoms with Gasteiger partial charge in [-0.05, 0) is 50.6 Å². The zero-order valence-corrected chi connectivity index (χ0v) is 14.0. The molecule has 2 aromatic rings. The lowest BCUT2D eigenvalue weighted by Gasteiger charge is -2.02. The molecule has 0 aliphatic carbocycles. The van der Waals surface area contributed by atoms with Crippen LogP contribution in [-0.4, -0.2) is 35.7 Å². The van der Waals surface area contributed by atoms with Crippen molar-refractivity contribution in [3.8, 4) is 17.1 Å². The highest BCUT2D eigenvalue weighted by molar-refractivity contribution is 5.75. The minimum absolute atomic E-state index is 0.0205. The van der Waals surface area contributed by atoms with Crippen molar-refractivity contribution >= 4 is 5.91 Å². The molecular weight excluding hydrogens is 308 g/mol. The van der Waals surface area contributed by atoms with Crippen LogP contribution in [0.2, 0.25) is 0 Å². The Bertz CT molecular complexity index is 625. The van der Waals surface area contributed by atoms with Gasteiger partial charge in [-0.15, -0.1) is 0 Å². The minimum atomic E-state index is -0.0205. The minimum Gasteiger partial charge on any atom is -0.494 e. The largest absolute Gasteiger partial charge is 0.494 e. The fraction of sp³-hybridized carbons (Fsp3) is 0.471. The van der Waals surface area contributed by atoms with Crippen molar-refractivity contribution < 1.29 is 14.1 Å². The quantitative estimate of drug-likeness (QED) is 0.644. The first kappa shape index (κ1) is 17.9. The van der Waals surface area contributed by atoms with Gasteiger partial charge >= 0.3 is 0 Å². The molecule has 0 saturated heterocycles. The lowest BCUT2D eigenvalue weighted by molar-refractivity contribution is -0.121. The third kappa shape index (κ3) is 5.66. The molecule has 3 N–H and O–H groups in total. The molecule has 0 aliphatic heterocycles. The molecule has 24 heavy (non-hydrogen) atoms. The zero-order valence-electron chi connectivity index (χ0n) is 14.0. The summed E-state index contributed by atoms with van der Waals surface area (Å²) in [5, 5.41) is 6.80. The third-order valence-electron chi connectivity index (χ3n) is 3.41. The van der Waals surface area contributed by atoms with E-state index in [0.29, 0.717) is 44.3 Å². The summed E-state index contributed by atoms with van der Waals surface area (Å²) >= 11 is 0. The highest BCUT2D eigenvalue weighted by atomic mass is 16.5. The van der Waals surface area contributed by atoms with Crippen molar-refractivity contribution in [2.45, 2.75) is 32.6 Å². The number of aryl methyl sites for hydroxylation is 1. The Morgan fingerprint density at radius 3 is 2.79 bits per heavy atom. The number of nitrogens with one attached hydrogen (secondary N) is 1. The summed E-state index contributed by atoms with van der Waals surface area (Å²) in [5.74, 6) is 1.75. The van der Waals surface area contributed by atoms with Gasteiger partial charge in [0.25, 0.3) is 0 Å². The molecule has 0 bridgehead atoms. The summed E-state index contributed by atoms with van der Waals surface area (Å²) in [6.45, 7) is 3.86. The van der Waals surface area contributed by atoms with Crippen molar-refractivity contribution in [2.24, 2.45) is 5.73 Å². The lowest BCUT2D eigenvalue weighted by Crippen LogP contribution is -2.25. The van der Waals surface area contributed by atoms with Crippen molar-refractivity contribution in [2.75, 3.05) is 19.7 Å². The van der Waals surface area contributed by atoms with E-state index in [4.69, 9.17) is 15.0 Å². The first-order chi connectivity index (χ1) is 11.7. The molecule has 0 radical (unpaired) electrons. The highest BCUT2D eigenvalue weighted by Crippen LogP contribution is 2.20. The van der Waals surface area contributed by atoms with Crippen molar-refractivity contribution in [3.05, 3.63) is 30.2 Å². The first-order valence-electron chi connectivity index (χ1n) is 8.25. The van der Waals surface area contributed by atoms with E-state index in [1.54, 1.807) is 0 Å². The second-order valence-corrected chi connectivity index (χ2v) is 5.31. The van der Waals surface area contributed by atoms with Gasteiger partial charge in [0.1, 0.15) is 5.75 Å². The number of hydrogen-bond donors (Lipinski definition) is 2. The summed E-state index contributed by atoms with van der Waals surface area (Å²) in [4.78, 5) is 16.0. The maximum absolute atomic E-state index is 11.7. The first-order valence-corrected chi connectivity index (χ1v) is 8.25. The Balaban J connectivity index is 1.81. The maximum atomic E-state index is 11.7. The predicted molar refractivity (Wildman–Crippen MR) is 90.5 cm³/mol. The van der Waals surface area contributed by atoms with E-state index in [2.05, 4.69) is 15.5 Å². The van der Waals surface area contributed by atoms with Crippen molar-refractivity contribution in [1.29, 1.82) is 0 Å². The molecule has 7 nitrogen and oxygen atoms in total.